The lowest BCUT2D eigenvalue weighted by molar-refractivity contribution is 0.275. The van der Waals surface area contributed by atoms with Gasteiger partial charge in [0.1, 0.15) is 0 Å². The molecule has 0 unspecified atom stereocenters. The molecule has 2 aromatic carbocycles. The van der Waals surface area contributed by atoms with E-state index >= 15 is 0 Å². The van der Waals surface area contributed by atoms with Gasteiger partial charge in [-0.25, -0.2) is 16.8 Å². The van der Waals surface area contributed by atoms with Crippen LogP contribution in [0.1, 0.15) is 0 Å². The van der Waals surface area contributed by atoms with Gasteiger partial charge in [0.2, 0.25) is 20.0 Å². The highest BCUT2D eigenvalue weighted by Gasteiger charge is 2.32. The monoisotopic (exact) mass is 409 g/mol. The van der Waals surface area contributed by atoms with Crippen molar-refractivity contribution in [3.8, 4) is 0 Å². The normalized spacial score (nSPS) is 17.1. The van der Waals surface area contributed by atoms with Crippen LogP contribution in [0.4, 0.5) is 5.69 Å². The van der Waals surface area contributed by atoms with Crippen molar-refractivity contribution < 1.29 is 16.8 Å². The van der Waals surface area contributed by atoms with E-state index in [1.165, 1.54) is 8.61 Å². The van der Waals surface area contributed by atoms with E-state index in [1.54, 1.807) is 18.2 Å². The third-order valence-electron chi connectivity index (χ3n) is 4.73. The molecule has 1 fully saturated rings. The molecule has 3 rings (SSSR count). The average molecular weight is 410 g/mol. The summed E-state index contributed by atoms with van der Waals surface area (Å²) >= 11 is 0. The van der Waals surface area contributed by atoms with E-state index in [-0.39, 0.29) is 31.1 Å². The molecule has 9 heteroatoms. The second-order valence-electron chi connectivity index (χ2n) is 6.54. The number of rotatable bonds is 5. The topological polar surface area (TPSA) is 78.0 Å². The SMILES string of the molecule is C=CS(=O)(=O)N1CCN(S(=O)(=O)c2cccc3c(N(C)C)cccc23)CC1. The molecule has 0 bridgehead atoms. The summed E-state index contributed by atoms with van der Waals surface area (Å²) in [6.07, 6.45) is 0. The Morgan fingerprint density at radius 2 is 1.44 bits per heavy atom. The second-order valence-corrected chi connectivity index (χ2v) is 10.3. The number of sulfonamides is 2. The van der Waals surface area contributed by atoms with Gasteiger partial charge in [-0.2, -0.15) is 8.61 Å². The molecule has 0 spiro atoms. The minimum absolute atomic E-state index is 0.110. The maximum absolute atomic E-state index is 13.2. The predicted octanol–water partition coefficient (Wildman–Crippen LogP) is 1.69. The third-order valence-corrected chi connectivity index (χ3v) is 8.19. The Bertz CT molecular complexity index is 1070. The second kappa shape index (κ2) is 7.23. The summed E-state index contributed by atoms with van der Waals surface area (Å²) in [5, 5.41) is 2.41. The van der Waals surface area contributed by atoms with Crippen molar-refractivity contribution in [1.82, 2.24) is 8.61 Å². The Balaban J connectivity index is 1.97. The van der Waals surface area contributed by atoms with E-state index in [1.807, 2.05) is 37.2 Å². The third kappa shape index (κ3) is 3.60. The van der Waals surface area contributed by atoms with Crippen LogP contribution < -0.4 is 4.90 Å². The molecule has 1 aliphatic rings. The number of hydrogen-bond donors (Lipinski definition) is 0. The Morgan fingerprint density at radius 3 is 2.04 bits per heavy atom. The summed E-state index contributed by atoms with van der Waals surface area (Å²) < 4.78 is 52.8. The zero-order chi connectivity index (χ0) is 19.8. The molecule has 0 amide bonds. The van der Waals surface area contributed by atoms with Gasteiger partial charge in [-0.15, -0.1) is 0 Å². The number of anilines is 1. The van der Waals surface area contributed by atoms with E-state index in [2.05, 4.69) is 6.58 Å². The van der Waals surface area contributed by atoms with Crippen LogP contribution in [0.15, 0.2) is 53.3 Å². The summed E-state index contributed by atoms with van der Waals surface area (Å²) in [5.74, 6) is 0. The van der Waals surface area contributed by atoms with Crippen LogP contribution in [0.3, 0.4) is 0 Å². The van der Waals surface area contributed by atoms with Crippen LogP contribution in [0.5, 0.6) is 0 Å². The van der Waals surface area contributed by atoms with Gasteiger partial charge in [-0.1, -0.05) is 30.8 Å². The number of nitrogens with zero attached hydrogens (tertiary/aromatic N) is 3. The maximum Gasteiger partial charge on any atom is 0.243 e. The first-order valence-electron chi connectivity index (χ1n) is 8.50. The van der Waals surface area contributed by atoms with E-state index in [0.717, 1.165) is 16.5 Å². The molecule has 0 N–H and O–H groups in total. The Hall–Kier alpha value is -1.94. The number of fused-ring (bicyclic) bond motifs is 1. The van der Waals surface area contributed by atoms with Crippen LogP contribution in [0.25, 0.3) is 10.8 Å². The molecular weight excluding hydrogens is 386 g/mol. The summed E-state index contributed by atoms with van der Waals surface area (Å²) in [5.41, 5.74) is 0.937. The van der Waals surface area contributed by atoms with Crippen molar-refractivity contribution in [3.05, 3.63) is 48.4 Å². The number of benzene rings is 2. The lowest BCUT2D eigenvalue weighted by Crippen LogP contribution is -2.49. The van der Waals surface area contributed by atoms with Gasteiger partial charge in [-0.3, -0.25) is 0 Å². The molecule has 0 radical (unpaired) electrons. The lowest BCUT2D eigenvalue weighted by Gasteiger charge is -2.32. The smallest absolute Gasteiger partial charge is 0.243 e. The van der Waals surface area contributed by atoms with Crippen molar-refractivity contribution in [3.63, 3.8) is 0 Å². The fourth-order valence-corrected chi connectivity index (χ4v) is 5.80. The van der Waals surface area contributed by atoms with E-state index in [9.17, 15) is 16.8 Å². The molecule has 0 aliphatic carbocycles. The lowest BCUT2D eigenvalue weighted by atomic mass is 10.1. The molecular formula is C18H23N3O4S2. The van der Waals surface area contributed by atoms with Crippen molar-refractivity contribution in [2.75, 3.05) is 45.2 Å². The molecule has 0 atom stereocenters. The first-order chi connectivity index (χ1) is 12.7. The fourth-order valence-electron chi connectivity index (χ4n) is 3.29. The molecule has 146 valence electrons. The van der Waals surface area contributed by atoms with Gasteiger partial charge < -0.3 is 4.90 Å². The van der Waals surface area contributed by atoms with Gasteiger partial charge in [0, 0.05) is 62.1 Å². The van der Waals surface area contributed by atoms with Crippen LogP contribution in [0, 0.1) is 0 Å². The minimum atomic E-state index is -3.74. The van der Waals surface area contributed by atoms with Crippen LogP contribution in [0.2, 0.25) is 0 Å². The van der Waals surface area contributed by atoms with Crippen LogP contribution in [-0.4, -0.2) is 65.7 Å². The highest BCUT2D eigenvalue weighted by Crippen LogP contribution is 2.32. The Morgan fingerprint density at radius 1 is 0.889 bits per heavy atom. The molecule has 2 aromatic rings. The zero-order valence-electron chi connectivity index (χ0n) is 15.4. The minimum Gasteiger partial charge on any atom is -0.377 e. The Kier molecular flexibility index (Phi) is 5.31. The van der Waals surface area contributed by atoms with Crippen molar-refractivity contribution in [2.45, 2.75) is 4.90 Å². The standard InChI is InChI=1S/C18H23N3O4S2/c1-4-26(22,23)20-11-13-21(14-12-20)27(24,25)18-10-6-7-15-16(18)8-5-9-17(15)19(2)3/h4-10H,1,11-14H2,2-3H3. The molecule has 0 aromatic heterocycles. The largest absolute Gasteiger partial charge is 0.377 e. The first kappa shape index (κ1) is 19.8. The first-order valence-corrected chi connectivity index (χ1v) is 11.4. The molecule has 1 saturated heterocycles. The van der Waals surface area contributed by atoms with E-state index < -0.39 is 20.0 Å². The quantitative estimate of drug-likeness (QED) is 0.751. The number of piperazine rings is 1. The van der Waals surface area contributed by atoms with E-state index in [4.69, 9.17) is 0 Å². The van der Waals surface area contributed by atoms with Crippen LogP contribution in [-0.2, 0) is 20.0 Å². The predicted molar refractivity (Wildman–Crippen MR) is 108 cm³/mol. The number of hydrogen-bond acceptors (Lipinski definition) is 5. The van der Waals surface area contributed by atoms with Crippen molar-refractivity contribution >= 4 is 36.5 Å². The highest BCUT2D eigenvalue weighted by molar-refractivity contribution is 7.92. The molecule has 7 nitrogen and oxygen atoms in total. The van der Waals surface area contributed by atoms with Crippen LogP contribution >= 0.6 is 0 Å². The fraction of sp³-hybridized carbons (Fsp3) is 0.333. The summed E-state index contributed by atoms with van der Waals surface area (Å²) in [4.78, 5) is 2.18. The van der Waals surface area contributed by atoms with Crippen molar-refractivity contribution in [2.24, 2.45) is 0 Å². The van der Waals surface area contributed by atoms with E-state index in [0.29, 0.717) is 5.39 Å². The molecule has 27 heavy (non-hydrogen) atoms. The molecule has 1 aliphatic heterocycles. The van der Waals surface area contributed by atoms with Gasteiger partial charge >= 0.3 is 0 Å². The average Bonchev–Trinajstić information content (AvgIpc) is 2.66. The van der Waals surface area contributed by atoms with Gasteiger partial charge in [-0.05, 0) is 12.1 Å². The summed E-state index contributed by atoms with van der Waals surface area (Å²) in [7, 11) is -3.45. The Labute approximate surface area is 160 Å². The molecule has 0 saturated carbocycles. The zero-order valence-corrected chi connectivity index (χ0v) is 17.0. The molecule has 1 heterocycles. The van der Waals surface area contributed by atoms with Gasteiger partial charge in [0.05, 0.1) is 4.90 Å². The van der Waals surface area contributed by atoms with Gasteiger partial charge in [0.15, 0.2) is 0 Å². The van der Waals surface area contributed by atoms with Gasteiger partial charge in [0.25, 0.3) is 0 Å². The summed E-state index contributed by atoms with van der Waals surface area (Å²) in [6, 6.07) is 10.8. The highest BCUT2D eigenvalue weighted by atomic mass is 32.2. The maximum atomic E-state index is 13.2. The van der Waals surface area contributed by atoms with Crippen molar-refractivity contribution in [1.29, 1.82) is 0 Å². The summed E-state index contributed by atoms with van der Waals surface area (Å²) in [6.45, 7) is 3.76.